The van der Waals surface area contributed by atoms with Crippen LogP contribution in [0.15, 0.2) is 89.3 Å². The van der Waals surface area contributed by atoms with E-state index in [1.54, 1.807) is 13.1 Å². The van der Waals surface area contributed by atoms with Gasteiger partial charge in [-0.3, -0.25) is 20.1 Å². The highest BCUT2D eigenvalue weighted by atomic mass is 15.7. The summed E-state index contributed by atoms with van der Waals surface area (Å²) >= 11 is 0. The molecule has 2 aromatic rings. The van der Waals surface area contributed by atoms with Crippen molar-refractivity contribution in [2.45, 2.75) is 114 Å². The third-order valence-electron chi connectivity index (χ3n) is 8.66. The summed E-state index contributed by atoms with van der Waals surface area (Å²) in [6, 6.07) is 4.25. The summed E-state index contributed by atoms with van der Waals surface area (Å²) in [6.45, 7) is 36.1. The van der Waals surface area contributed by atoms with Gasteiger partial charge in [-0.15, -0.1) is 25.5 Å². The van der Waals surface area contributed by atoms with Gasteiger partial charge in [-0.05, 0) is 88.4 Å². The number of hydrogen-bond acceptors (Lipinski definition) is 8. The normalized spacial score (nSPS) is 20.1. The number of rotatable bonds is 14. The molecule has 4 atom stereocenters. The number of aromatic amines is 1. The zero-order valence-electron chi connectivity index (χ0n) is 36.1. The molecule has 0 amide bonds. The van der Waals surface area contributed by atoms with Gasteiger partial charge >= 0.3 is 0 Å². The first-order valence-corrected chi connectivity index (χ1v) is 20.0. The second-order valence-electron chi connectivity index (χ2n) is 12.5. The van der Waals surface area contributed by atoms with Gasteiger partial charge in [0.05, 0.1) is 5.71 Å². The van der Waals surface area contributed by atoms with Gasteiger partial charge in [-0.1, -0.05) is 92.7 Å². The van der Waals surface area contributed by atoms with Crippen molar-refractivity contribution in [3.05, 3.63) is 90.7 Å². The number of aryl methyl sites for hydroxylation is 1. The fourth-order valence-electron chi connectivity index (χ4n) is 5.59. The third-order valence-corrected chi connectivity index (χ3v) is 8.66. The zero-order chi connectivity index (χ0) is 41.1. The fourth-order valence-corrected chi connectivity index (χ4v) is 5.59. The number of aromatic nitrogens is 4. The lowest BCUT2D eigenvalue weighted by atomic mass is 9.99. The van der Waals surface area contributed by atoms with Crippen LogP contribution in [-0.2, 0) is 0 Å². The quantitative estimate of drug-likeness (QED) is 0.153. The van der Waals surface area contributed by atoms with E-state index in [0.29, 0.717) is 18.4 Å². The molecule has 54 heavy (non-hydrogen) atoms. The minimum absolute atomic E-state index is 0.185. The van der Waals surface area contributed by atoms with E-state index in [2.05, 4.69) is 121 Å². The number of pyridine rings is 1. The lowest BCUT2D eigenvalue weighted by molar-refractivity contribution is 0.0431. The number of nitrogens with zero attached hydrogens (tertiary/aromatic N) is 8. The largest absolute Gasteiger partial charge is 0.303 e. The molecule has 4 heterocycles. The van der Waals surface area contributed by atoms with Crippen LogP contribution in [0.4, 0.5) is 0 Å². The van der Waals surface area contributed by atoms with E-state index in [4.69, 9.17) is 15.0 Å². The number of likely N-dealkylation sites (N-methyl/N-ethyl adjacent to an activating group) is 1. The van der Waals surface area contributed by atoms with Crippen molar-refractivity contribution in [3.8, 4) is 23.9 Å². The molecule has 0 aromatic carbocycles. The number of allylic oxidation sites excluding steroid dienone is 5. The minimum atomic E-state index is 0.185. The molecule has 9 heteroatoms. The van der Waals surface area contributed by atoms with E-state index in [1.165, 1.54) is 5.57 Å². The second kappa shape index (κ2) is 29.0. The fraction of sp³-hybridized carbons (Fsp3) is 0.533. The van der Waals surface area contributed by atoms with Gasteiger partial charge in [-0.25, -0.2) is 15.0 Å². The van der Waals surface area contributed by atoms with Gasteiger partial charge in [0.1, 0.15) is 24.0 Å². The Hall–Kier alpha value is -4.39. The van der Waals surface area contributed by atoms with Crippen LogP contribution in [0.2, 0.25) is 0 Å². The Labute approximate surface area is 330 Å². The number of aliphatic imine (C=N–C) groups is 2. The van der Waals surface area contributed by atoms with E-state index in [1.807, 2.05) is 72.9 Å². The van der Waals surface area contributed by atoms with Crippen LogP contribution < -0.4 is 0 Å². The lowest BCUT2D eigenvalue weighted by Gasteiger charge is -2.29. The van der Waals surface area contributed by atoms with Gasteiger partial charge in [0.25, 0.3) is 0 Å². The average Bonchev–Trinajstić information content (AvgIpc) is 3.79. The molecule has 0 radical (unpaired) electrons. The summed E-state index contributed by atoms with van der Waals surface area (Å²) in [5, 5.41) is 11.9. The lowest BCUT2D eigenvalue weighted by Crippen LogP contribution is -2.38. The third kappa shape index (κ3) is 16.3. The Morgan fingerprint density at radius 1 is 1.13 bits per heavy atom. The number of terminal acetylenes is 1. The molecule has 4 unspecified atom stereocenters. The van der Waals surface area contributed by atoms with Crippen LogP contribution in [0.5, 0.6) is 0 Å². The van der Waals surface area contributed by atoms with Gasteiger partial charge in [0, 0.05) is 43.9 Å². The molecule has 0 spiro atoms. The number of nitrogens with one attached hydrogen (secondary N) is 1. The molecular weight excluding hydrogens is 667 g/mol. The van der Waals surface area contributed by atoms with Gasteiger partial charge in [-0.2, -0.15) is 5.10 Å². The first-order valence-electron chi connectivity index (χ1n) is 20.0. The molecule has 0 saturated carbocycles. The molecule has 0 fully saturated rings. The van der Waals surface area contributed by atoms with Crippen LogP contribution in [0, 0.1) is 31.1 Å². The smallest absolute Gasteiger partial charge is 0.200 e. The Morgan fingerprint density at radius 2 is 1.81 bits per heavy atom. The van der Waals surface area contributed by atoms with Crippen molar-refractivity contribution >= 4 is 11.9 Å². The molecule has 4 rings (SSSR count). The van der Waals surface area contributed by atoms with Crippen molar-refractivity contribution in [3.63, 3.8) is 0 Å². The summed E-state index contributed by atoms with van der Waals surface area (Å²) in [5.41, 5.74) is 4.08. The van der Waals surface area contributed by atoms with Gasteiger partial charge < -0.3 is 4.90 Å². The zero-order valence-corrected chi connectivity index (χ0v) is 36.1. The molecule has 298 valence electrons. The van der Waals surface area contributed by atoms with Gasteiger partial charge in [0.2, 0.25) is 0 Å². The number of hydrogen-bond donors (Lipinski definition) is 1. The Morgan fingerprint density at radius 3 is 2.43 bits per heavy atom. The van der Waals surface area contributed by atoms with Crippen LogP contribution in [0.1, 0.15) is 113 Å². The minimum Gasteiger partial charge on any atom is -0.303 e. The average molecular weight is 740 g/mol. The van der Waals surface area contributed by atoms with Crippen LogP contribution in [0.3, 0.4) is 0 Å². The molecule has 0 saturated heterocycles. The molecule has 2 aliphatic rings. The Kier molecular flexibility index (Phi) is 26.7. The van der Waals surface area contributed by atoms with Crippen LogP contribution in [0.25, 0.3) is 11.5 Å². The summed E-state index contributed by atoms with van der Waals surface area (Å²) in [4.78, 5) is 21.6. The molecule has 0 bridgehead atoms. The summed E-state index contributed by atoms with van der Waals surface area (Å²) in [5.74, 6) is 5.54. The molecule has 0 aliphatic carbocycles. The monoisotopic (exact) mass is 740 g/mol. The van der Waals surface area contributed by atoms with Crippen LogP contribution in [-0.4, -0.2) is 86.4 Å². The van der Waals surface area contributed by atoms with Gasteiger partial charge in [0.15, 0.2) is 5.82 Å². The van der Waals surface area contributed by atoms with Crippen molar-refractivity contribution in [1.29, 1.82) is 0 Å². The van der Waals surface area contributed by atoms with E-state index in [9.17, 15) is 0 Å². The van der Waals surface area contributed by atoms with Crippen molar-refractivity contribution in [1.82, 2.24) is 35.1 Å². The second-order valence-corrected chi connectivity index (χ2v) is 12.5. The number of hydrazine groups is 1. The molecule has 1 N–H and O–H groups in total. The van der Waals surface area contributed by atoms with E-state index >= 15 is 0 Å². The highest BCUT2D eigenvalue weighted by Gasteiger charge is 2.26. The topological polar surface area (TPSA) is 88.9 Å². The molecule has 2 aliphatic heterocycles. The molecule has 9 nitrogen and oxygen atoms in total. The Bertz CT molecular complexity index is 1540. The van der Waals surface area contributed by atoms with Crippen molar-refractivity contribution < 1.29 is 0 Å². The molecule has 2 aromatic heterocycles. The maximum atomic E-state index is 5.08. The van der Waals surface area contributed by atoms with E-state index in [-0.39, 0.29) is 17.9 Å². The number of fused-ring (bicyclic) bond motifs is 1. The van der Waals surface area contributed by atoms with Crippen molar-refractivity contribution in [2.75, 3.05) is 33.4 Å². The first-order chi connectivity index (χ1) is 26.1. The standard InChI is InChI=1S/C36H51N9.C3H4.3C2H6/c1-9-14-31-21-26(4)23-38-33-22-29(7)43(8)45(33)25-39-32(31)17-12-16-30(10-2)24-44(11-3)20-18-28(6)35-40-36(42-41-35)34-27(5)15-13-19-37-34;1-3-2;3*1-2/h9-10,12-13,15,17,19,21-23,26,28-30H,1-2,11,14,16,18,20,24-25H2,3-8H3,(H,40,41,42);1H,2H3;3*1-2H3/b17-12+,31-21-,38-23-,39-32-;;;;. The maximum absolute atomic E-state index is 5.08. The predicted octanol–water partition coefficient (Wildman–Crippen LogP) is 10.5. The Balaban J connectivity index is 0.00000288. The van der Waals surface area contributed by atoms with Crippen molar-refractivity contribution in [2.24, 2.45) is 21.8 Å². The summed E-state index contributed by atoms with van der Waals surface area (Å²) < 4.78 is 0. The van der Waals surface area contributed by atoms with E-state index < -0.39 is 0 Å². The van der Waals surface area contributed by atoms with E-state index in [0.717, 1.165) is 67.5 Å². The maximum Gasteiger partial charge on any atom is 0.200 e. The van der Waals surface area contributed by atoms with Crippen LogP contribution >= 0.6 is 0 Å². The molecular formula is C45H73N9. The number of H-pyrrole nitrogens is 1. The summed E-state index contributed by atoms with van der Waals surface area (Å²) in [7, 11) is 2.09. The first kappa shape index (κ1) is 49.6. The predicted molar refractivity (Wildman–Crippen MR) is 235 cm³/mol. The SMILES string of the molecule is C#CC.C=CC/C1=C/C(C)/C=N\C2=CC(C)N(C)N2C/N=C1/C=C/CC(C=C)CN(CC)CCC(C)c1nc(-c2ncccc2C)n[nH]1.CC.CC.CC. The summed E-state index contributed by atoms with van der Waals surface area (Å²) in [6.07, 6.45) is 24.0. The highest BCUT2D eigenvalue weighted by molar-refractivity contribution is 6.08. The highest BCUT2D eigenvalue weighted by Crippen LogP contribution is 2.24.